The van der Waals surface area contributed by atoms with Crippen LogP contribution in [-0.4, -0.2) is 93.2 Å². The van der Waals surface area contributed by atoms with E-state index in [1.54, 1.807) is 0 Å². The van der Waals surface area contributed by atoms with Crippen molar-refractivity contribution in [1.29, 1.82) is 0 Å². The Morgan fingerprint density at radius 1 is 0.967 bits per heavy atom. The summed E-state index contributed by atoms with van der Waals surface area (Å²) in [4.78, 5) is 12.0. The van der Waals surface area contributed by atoms with Crippen molar-refractivity contribution in [2.24, 2.45) is 4.99 Å². The van der Waals surface area contributed by atoms with Gasteiger partial charge in [-0.15, -0.1) is 24.0 Å². The molecule has 1 aromatic rings. The third-order valence-corrected chi connectivity index (χ3v) is 6.19. The SMILES string of the molecule is CN=C(NCCCCN1CCN(C)CC1)NC1CCN(Cc2ccccc2)CC1.I. The van der Waals surface area contributed by atoms with E-state index in [9.17, 15) is 0 Å². The summed E-state index contributed by atoms with van der Waals surface area (Å²) < 4.78 is 0. The molecule has 0 amide bonds. The van der Waals surface area contributed by atoms with Crippen LogP contribution < -0.4 is 10.6 Å². The van der Waals surface area contributed by atoms with Gasteiger partial charge in [-0.1, -0.05) is 30.3 Å². The fraction of sp³-hybridized carbons (Fsp3) is 0.696. The number of likely N-dealkylation sites (tertiary alicyclic amines) is 1. The second-order valence-electron chi connectivity index (χ2n) is 8.53. The molecule has 0 aromatic heterocycles. The van der Waals surface area contributed by atoms with Crippen molar-refractivity contribution in [2.45, 2.75) is 38.3 Å². The van der Waals surface area contributed by atoms with Gasteiger partial charge in [0.25, 0.3) is 0 Å². The number of hydrogen-bond donors (Lipinski definition) is 2. The first-order valence-electron chi connectivity index (χ1n) is 11.4. The zero-order chi connectivity index (χ0) is 20.3. The molecular formula is C23H41IN6. The van der Waals surface area contributed by atoms with E-state index in [1.807, 2.05) is 7.05 Å². The van der Waals surface area contributed by atoms with E-state index in [2.05, 4.69) is 67.7 Å². The zero-order valence-corrected chi connectivity index (χ0v) is 21.2. The standard InChI is InChI=1S/C23H40N6.HI/c1-24-23(25-12-6-7-13-28-18-16-27(2)17-19-28)26-22-10-14-29(15-11-22)20-21-8-4-3-5-9-21;/h3-5,8-9,22H,6-7,10-20H2,1-2H3,(H2,24,25,26);1H. The Labute approximate surface area is 200 Å². The third-order valence-electron chi connectivity index (χ3n) is 6.19. The van der Waals surface area contributed by atoms with Gasteiger partial charge in [-0.2, -0.15) is 0 Å². The van der Waals surface area contributed by atoms with E-state index in [-0.39, 0.29) is 24.0 Å². The molecule has 6 nitrogen and oxygen atoms in total. The molecule has 0 radical (unpaired) electrons. The van der Waals surface area contributed by atoms with Gasteiger partial charge in [-0.3, -0.25) is 9.89 Å². The quantitative estimate of drug-likeness (QED) is 0.235. The highest BCUT2D eigenvalue weighted by Gasteiger charge is 2.20. The molecule has 0 aliphatic carbocycles. The maximum absolute atomic E-state index is 4.43. The van der Waals surface area contributed by atoms with Gasteiger partial charge in [0.1, 0.15) is 0 Å². The summed E-state index contributed by atoms with van der Waals surface area (Å²) in [7, 11) is 4.09. The van der Waals surface area contributed by atoms with Gasteiger partial charge in [0.05, 0.1) is 0 Å². The number of benzene rings is 1. The van der Waals surface area contributed by atoms with Crippen LogP contribution in [-0.2, 0) is 6.54 Å². The molecule has 2 aliphatic rings. The number of rotatable bonds is 8. The lowest BCUT2D eigenvalue weighted by atomic mass is 10.0. The summed E-state index contributed by atoms with van der Waals surface area (Å²) >= 11 is 0. The van der Waals surface area contributed by atoms with Crippen LogP contribution in [0.5, 0.6) is 0 Å². The molecule has 0 unspecified atom stereocenters. The van der Waals surface area contributed by atoms with Crippen molar-refractivity contribution in [1.82, 2.24) is 25.3 Å². The van der Waals surface area contributed by atoms with Crippen LogP contribution >= 0.6 is 24.0 Å². The van der Waals surface area contributed by atoms with E-state index < -0.39 is 0 Å². The molecular weight excluding hydrogens is 487 g/mol. The molecule has 30 heavy (non-hydrogen) atoms. The zero-order valence-electron chi connectivity index (χ0n) is 18.9. The highest BCUT2D eigenvalue weighted by Crippen LogP contribution is 2.13. The molecule has 2 fully saturated rings. The minimum Gasteiger partial charge on any atom is -0.356 e. The molecule has 2 heterocycles. The number of nitrogens with one attached hydrogen (secondary N) is 2. The number of halogens is 1. The number of aliphatic imine (C=N–C) groups is 1. The largest absolute Gasteiger partial charge is 0.356 e. The van der Waals surface area contributed by atoms with Gasteiger partial charge in [-0.05, 0) is 44.8 Å². The Morgan fingerprint density at radius 3 is 2.33 bits per heavy atom. The lowest BCUT2D eigenvalue weighted by molar-refractivity contribution is 0.152. The van der Waals surface area contributed by atoms with Crippen LogP contribution in [0.1, 0.15) is 31.2 Å². The molecule has 1 aromatic carbocycles. The number of unbranched alkanes of at least 4 members (excludes halogenated alkanes) is 1. The highest BCUT2D eigenvalue weighted by atomic mass is 127. The van der Waals surface area contributed by atoms with E-state index >= 15 is 0 Å². The predicted octanol–water partition coefficient (Wildman–Crippen LogP) is 2.46. The average Bonchev–Trinajstić information content (AvgIpc) is 2.76. The van der Waals surface area contributed by atoms with Crippen LogP contribution in [0.15, 0.2) is 35.3 Å². The van der Waals surface area contributed by atoms with Gasteiger partial charge >= 0.3 is 0 Å². The smallest absolute Gasteiger partial charge is 0.191 e. The maximum atomic E-state index is 4.43. The minimum absolute atomic E-state index is 0. The van der Waals surface area contributed by atoms with Crippen molar-refractivity contribution in [3.8, 4) is 0 Å². The van der Waals surface area contributed by atoms with Crippen molar-refractivity contribution in [2.75, 3.05) is 66.5 Å². The minimum atomic E-state index is 0. The van der Waals surface area contributed by atoms with Crippen LogP contribution in [0.4, 0.5) is 0 Å². The van der Waals surface area contributed by atoms with E-state index in [0.717, 1.165) is 32.1 Å². The van der Waals surface area contributed by atoms with E-state index in [4.69, 9.17) is 0 Å². The number of hydrogen-bond acceptors (Lipinski definition) is 4. The maximum Gasteiger partial charge on any atom is 0.191 e. The fourth-order valence-electron chi connectivity index (χ4n) is 4.20. The molecule has 0 spiro atoms. The molecule has 2 saturated heterocycles. The van der Waals surface area contributed by atoms with Gasteiger partial charge in [0.2, 0.25) is 0 Å². The number of piperidine rings is 1. The number of nitrogens with zero attached hydrogens (tertiary/aromatic N) is 4. The Hall–Kier alpha value is -0.900. The summed E-state index contributed by atoms with van der Waals surface area (Å²) in [6.07, 6.45) is 4.81. The van der Waals surface area contributed by atoms with Crippen molar-refractivity contribution in [3.63, 3.8) is 0 Å². The summed E-state index contributed by atoms with van der Waals surface area (Å²) in [5.41, 5.74) is 1.41. The topological polar surface area (TPSA) is 46.1 Å². The monoisotopic (exact) mass is 528 g/mol. The van der Waals surface area contributed by atoms with E-state index in [0.29, 0.717) is 6.04 Å². The first-order chi connectivity index (χ1) is 14.2. The normalized spacial score (nSPS) is 20.0. The van der Waals surface area contributed by atoms with Gasteiger partial charge in [0, 0.05) is 65.4 Å². The third kappa shape index (κ3) is 9.08. The van der Waals surface area contributed by atoms with Gasteiger partial charge in [-0.25, -0.2) is 0 Å². The first-order valence-corrected chi connectivity index (χ1v) is 11.4. The lowest BCUT2D eigenvalue weighted by Crippen LogP contribution is -2.48. The van der Waals surface area contributed by atoms with Crippen LogP contribution in [0.25, 0.3) is 0 Å². The first kappa shape index (κ1) is 25.4. The number of guanidine groups is 1. The predicted molar refractivity (Wildman–Crippen MR) is 138 cm³/mol. The molecule has 7 heteroatoms. The van der Waals surface area contributed by atoms with Crippen LogP contribution in [0, 0.1) is 0 Å². The molecule has 170 valence electrons. The molecule has 0 saturated carbocycles. The van der Waals surface area contributed by atoms with Gasteiger partial charge in [0.15, 0.2) is 5.96 Å². The Bertz CT molecular complexity index is 595. The average molecular weight is 529 g/mol. The summed E-state index contributed by atoms with van der Waals surface area (Å²) in [6.45, 7) is 10.4. The van der Waals surface area contributed by atoms with Crippen LogP contribution in [0.3, 0.4) is 0 Å². The summed E-state index contributed by atoms with van der Waals surface area (Å²) in [5.74, 6) is 0.964. The van der Waals surface area contributed by atoms with Crippen molar-refractivity contribution >= 4 is 29.9 Å². The number of likely N-dealkylation sites (N-methyl/N-ethyl adjacent to an activating group) is 1. The molecule has 2 N–H and O–H groups in total. The Morgan fingerprint density at radius 2 is 1.67 bits per heavy atom. The molecule has 3 rings (SSSR count). The highest BCUT2D eigenvalue weighted by molar-refractivity contribution is 14.0. The summed E-state index contributed by atoms with van der Waals surface area (Å²) in [6, 6.07) is 11.3. The molecule has 0 atom stereocenters. The second-order valence-corrected chi connectivity index (χ2v) is 8.53. The Kier molecular flexibility index (Phi) is 12.0. The van der Waals surface area contributed by atoms with Gasteiger partial charge < -0.3 is 20.4 Å². The molecule has 2 aliphatic heterocycles. The summed E-state index contributed by atoms with van der Waals surface area (Å²) in [5, 5.41) is 7.14. The lowest BCUT2D eigenvalue weighted by Gasteiger charge is -2.33. The second kappa shape index (κ2) is 14.2. The molecule has 0 bridgehead atoms. The van der Waals surface area contributed by atoms with E-state index in [1.165, 1.54) is 64.0 Å². The number of piperazine rings is 1. The van der Waals surface area contributed by atoms with Crippen LogP contribution in [0.2, 0.25) is 0 Å². The van der Waals surface area contributed by atoms with Crippen molar-refractivity contribution < 1.29 is 0 Å². The fourth-order valence-corrected chi connectivity index (χ4v) is 4.20. The van der Waals surface area contributed by atoms with Crippen molar-refractivity contribution in [3.05, 3.63) is 35.9 Å². The Balaban J connectivity index is 0.00000320.